The summed E-state index contributed by atoms with van der Waals surface area (Å²) in [6.45, 7) is 7.08. The van der Waals surface area contributed by atoms with Crippen molar-refractivity contribution in [1.29, 1.82) is 0 Å². The second kappa shape index (κ2) is 6.25. The van der Waals surface area contributed by atoms with Crippen LogP contribution in [0.15, 0.2) is 29.3 Å². The van der Waals surface area contributed by atoms with E-state index in [4.69, 9.17) is 5.84 Å². The van der Waals surface area contributed by atoms with Gasteiger partial charge in [0, 0.05) is 19.3 Å². The molecule has 3 N–H and O–H groups in total. The zero-order chi connectivity index (χ0) is 12.8. The number of nitrogens with zero attached hydrogens (tertiary/aromatic N) is 2. The second-order valence-electron chi connectivity index (χ2n) is 4.60. The summed E-state index contributed by atoms with van der Waals surface area (Å²) in [4.78, 5) is 6.39. The van der Waals surface area contributed by atoms with E-state index in [-0.39, 0.29) is 0 Å². The molecule has 4 nitrogen and oxygen atoms in total. The molecule has 0 radical (unpaired) electrons. The van der Waals surface area contributed by atoms with E-state index in [1.54, 1.807) is 0 Å². The zero-order valence-electron chi connectivity index (χ0n) is 11.1. The molecule has 17 heavy (non-hydrogen) atoms. The van der Waals surface area contributed by atoms with Crippen molar-refractivity contribution in [1.82, 2.24) is 5.43 Å². The molecule has 0 bridgehead atoms. The van der Waals surface area contributed by atoms with E-state index in [0.717, 1.165) is 12.2 Å². The SMILES string of the molecule is Cc1ccc(N(C)C(=NCC(C)C)NN)cc1. The molecule has 94 valence electrons. The quantitative estimate of drug-likeness (QED) is 0.363. The molecule has 0 heterocycles. The highest BCUT2D eigenvalue weighted by molar-refractivity contribution is 5.95. The predicted octanol–water partition coefficient (Wildman–Crippen LogP) is 1.91. The minimum absolute atomic E-state index is 0.518. The summed E-state index contributed by atoms with van der Waals surface area (Å²) >= 11 is 0. The van der Waals surface area contributed by atoms with Gasteiger partial charge < -0.3 is 4.90 Å². The van der Waals surface area contributed by atoms with Crippen LogP contribution in [0.5, 0.6) is 0 Å². The summed E-state index contributed by atoms with van der Waals surface area (Å²) in [5, 5.41) is 0. The molecule has 0 aliphatic rings. The van der Waals surface area contributed by atoms with Crippen molar-refractivity contribution in [3.63, 3.8) is 0 Å². The highest BCUT2D eigenvalue weighted by Crippen LogP contribution is 2.13. The van der Waals surface area contributed by atoms with Gasteiger partial charge in [-0.15, -0.1) is 0 Å². The molecular weight excluding hydrogens is 212 g/mol. The summed E-state index contributed by atoms with van der Waals surface area (Å²) in [5.74, 6) is 6.71. The third-order valence-corrected chi connectivity index (χ3v) is 2.47. The number of aryl methyl sites for hydroxylation is 1. The first-order valence-electron chi connectivity index (χ1n) is 5.86. The van der Waals surface area contributed by atoms with Crippen LogP contribution in [0.2, 0.25) is 0 Å². The molecule has 0 aliphatic carbocycles. The number of nitrogens with two attached hydrogens (primary N) is 1. The molecule has 4 heteroatoms. The van der Waals surface area contributed by atoms with Gasteiger partial charge in [-0.2, -0.15) is 0 Å². The Morgan fingerprint density at radius 1 is 1.35 bits per heavy atom. The molecule has 0 saturated carbocycles. The van der Waals surface area contributed by atoms with Crippen molar-refractivity contribution >= 4 is 11.6 Å². The molecule has 1 aromatic carbocycles. The van der Waals surface area contributed by atoms with Crippen molar-refractivity contribution in [3.05, 3.63) is 29.8 Å². The minimum Gasteiger partial charge on any atom is -0.315 e. The number of rotatable bonds is 3. The van der Waals surface area contributed by atoms with Crippen molar-refractivity contribution in [2.24, 2.45) is 16.8 Å². The normalized spacial score (nSPS) is 11.8. The molecule has 0 aromatic heterocycles. The fourth-order valence-electron chi connectivity index (χ4n) is 1.41. The van der Waals surface area contributed by atoms with Crippen LogP contribution < -0.4 is 16.2 Å². The van der Waals surface area contributed by atoms with Crippen LogP contribution in [0.3, 0.4) is 0 Å². The van der Waals surface area contributed by atoms with Gasteiger partial charge in [0.05, 0.1) is 0 Å². The first-order valence-corrected chi connectivity index (χ1v) is 5.86. The third-order valence-electron chi connectivity index (χ3n) is 2.47. The van der Waals surface area contributed by atoms with Gasteiger partial charge in [0.2, 0.25) is 5.96 Å². The van der Waals surface area contributed by atoms with Crippen molar-refractivity contribution in [2.75, 3.05) is 18.5 Å². The molecule has 0 saturated heterocycles. The lowest BCUT2D eigenvalue weighted by Crippen LogP contribution is -2.43. The molecule has 0 spiro atoms. The molecule has 0 amide bonds. The number of hydrogen-bond acceptors (Lipinski definition) is 2. The largest absolute Gasteiger partial charge is 0.315 e. The monoisotopic (exact) mass is 234 g/mol. The van der Waals surface area contributed by atoms with Gasteiger partial charge in [-0.25, -0.2) is 5.84 Å². The smallest absolute Gasteiger partial charge is 0.212 e. The molecular formula is C13H22N4. The fraction of sp³-hybridized carbons (Fsp3) is 0.462. The Hall–Kier alpha value is -1.55. The maximum absolute atomic E-state index is 5.50. The highest BCUT2D eigenvalue weighted by Gasteiger charge is 2.07. The van der Waals surface area contributed by atoms with Gasteiger partial charge in [0.25, 0.3) is 0 Å². The van der Waals surface area contributed by atoms with E-state index in [0.29, 0.717) is 11.9 Å². The molecule has 1 aromatic rings. The Labute approximate surface area is 104 Å². The molecule has 1 rings (SSSR count). The molecule has 0 unspecified atom stereocenters. The number of hydrogen-bond donors (Lipinski definition) is 2. The van der Waals surface area contributed by atoms with Crippen LogP contribution in [0.25, 0.3) is 0 Å². The molecule has 0 atom stereocenters. The summed E-state index contributed by atoms with van der Waals surface area (Å²) in [7, 11) is 1.95. The fourth-order valence-corrected chi connectivity index (χ4v) is 1.41. The van der Waals surface area contributed by atoms with E-state index in [1.807, 2.05) is 11.9 Å². The summed E-state index contributed by atoms with van der Waals surface area (Å²) in [6.07, 6.45) is 0. The standard InChI is InChI=1S/C13H22N4/c1-10(2)9-15-13(16-14)17(4)12-7-5-11(3)6-8-12/h5-8,10H,9,14H2,1-4H3,(H,15,16). The highest BCUT2D eigenvalue weighted by atomic mass is 15.4. The Bertz CT molecular complexity index is 368. The zero-order valence-corrected chi connectivity index (χ0v) is 11.1. The van der Waals surface area contributed by atoms with Crippen LogP contribution in [-0.4, -0.2) is 19.6 Å². The van der Waals surface area contributed by atoms with Crippen LogP contribution in [0, 0.1) is 12.8 Å². The van der Waals surface area contributed by atoms with Gasteiger partial charge in [-0.1, -0.05) is 31.5 Å². The van der Waals surface area contributed by atoms with Gasteiger partial charge in [-0.3, -0.25) is 10.4 Å². The van der Waals surface area contributed by atoms with Crippen molar-refractivity contribution in [2.45, 2.75) is 20.8 Å². The summed E-state index contributed by atoms with van der Waals surface area (Å²) < 4.78 is 0. The van der Waals surface area contributed by atoms with E-state index >= 15 is 0 Å². The van der Waals surface area contributed by atoms with E-state index in [2.05, 4.69) is 55.5 Å². The van der Waals surface area contributed by atoms with Crippen LogP contribution >= 0.6 is 0 Å². The van der Waals surface area contributed by atoms with Crippen molar-refractivity contribution < 1.29 is 0 Å². The second-order valence-corrected chi connectivity index (χ2v) is 4.60. The Morgan fingerprint density at radius 3 is 2.41 bits per heavy atom. The number of anilines is 1. The summed E-state index contributed by atoms with van der Waals surface area (Å²) in [6, 6.07) is 8.25. The first kappa shape index (κ1) is 13.5. The predicted molar refractivity (Wildman–Crippen MR) is 74.0 cm³/mol. The van der Waals surface area contributed by atoms with Gasteiger partial charge in [0.15, 0.2) is 0 Å². The lowest BCUT2D eigenvalue weighted by atomic mass is 10.2. The van der Waals surface area contributed by atoms with Crippen LogP contribution in [-0.2, 0) is 0 Å². The lowest BCUT2D eigenvalue weighted by molar-refractivity contribution is 0.661. The van der Waals surface area contributed by atoms with Crippen LogP contribution in [0.4, 0.5) is 5.69 Å². The average molecular weight is 234 g/mol. The third kappa shape index (κ3) is 4.07. The number of hydrazine groups is 1. The van der Waals surface area contributed by atoms with Crippen LogP contribution in [0.1, 0.15) is 19.4 Å². The van der Waals surface area contributed by atoms with E-state index < -0.39 is 0 Å². The molecule has 0 fully saturated rings. The number of nitrogens with one attached hydrogen (secondary N) is 1. The Morgan fingerprint density at radius 2 is 1.94 bits per heavy atom. The van der Waals surface area contributed by atoms with Gasteiger partial charge >= 0.3 is 0 Å². The van der Waals surface area contributed by atoms with Gasteiger partial charge in [0.1, 0.15) is 0 Å². The maximum Gasteiger partial charge on any atom is 0.212 e. The maximum atomic E-state index is 5.50. The lowest BCUT2D eigenvalue weighted by Gasteiger charge is -2.21. The van der Waals surface area contributed by atoms with Crippen molar-refractivity contribution in [3.8, 4) is 0 Å². The summed E-state index contributed by atoms with van der Waals surface area (Å²) in [5.41, 5.74) is 4.95. The number of guanidine groups is 1. The minimum atomic E-state index is 0.518. The first-order chi connectivity index (χ1) is 8.04. The average Bonchev–Trinajstić information content (AvgIpc) is 2.30. The molecule has 0 aliphatic heterocycles. The van der Waals surface area contributed by atoms with E-state index in [9.17, 15) is 0 Å². The Kier molecular flexibility index (Phi) is 4.97. The van der Waals surface area contributed by atoms with E-state index in [1.165, 1.54) is 5.56 Å². The number of aliphatic imine (C=N–C) groups is 1. The Balaban J connectivity index is 2.82. The topological polar surface area (TPSA) is 53.6 Å². The number of benzene rings is 1. The van der Waals surface area contributed by atoms with Gasteiger partial charge in [-0.05, 0) is 25.0 Å².